The first-order chi connectivity index (χ1) is 11.9. The Hall–Kier alpha value is -2.45. The number of rotatable bonds is 7. The number of nitrogens with one attached hydrogen (secondary N) is 2. The Bertz CT molecular complexity index is 630. The summed E-state index contributed by atoms with van der Waals surface area (Å²) < 4.78 is 5.10. The van der Waals surface area contributed by atoms with Crippen LogP contribution in [0.4, 0.5) is 11.4 Å². The fourth-order valence-corrected chi connectivity index (χ4v) is 2.41. The molecule has 1 saturated heterocycles. The van der Waals surface area contributed by atoms with Gasteiger partial charge < -0.3 is 20.7 Å². The van der Waals surface area contributed by atoms with E-state index in [-0.39, 0.29) is 18.4 Å². The van der Waals surface area contributed by atoms with Crippen molar-refractivity contribution in [2.75, 3.05) is 36.5 Å². The van der Waals surface area contributed by atoms with Crippen LogP contribution < -0.4 is 21.3 Å². The first-order valence-electron chi connectivity index (χ1n) is 8.20. The first-order valence-corrected chi connectivity index (χ1v) is 8.20. The maximum absolute atomic E-state index is 12.2. The molecule has 0 bridgehead atoms. The summed E-state index contributed by atoms with van der Waals surface area (Å²) >= 11 is 0. The van der Waals surface area contributed by atoms with Gasteiger partial charge in [0.2, 0.25) is 5.91 Å². The molecule has 0 aliphatic carbocycles. The summed E-state index contributed by atoms with van der Waals surface area (Å²) in [6.07, 6.45) is 0. The highest BCUT2D eigenvalue weighted by atomic mass is 16.5. The number of carbonyl (C=O) groups excluding carboxylic acids is 3. The van der Waals surface area contributed by atoms with Crippen LogP contribution in [0, 0.1) is 5.92 Å². The zero-order chi connectivity index (χ0) is 18.4. The maximum Gasteiger partial charge on any atom is 0.253 e. The Kier molecular flexibility index (Phi) is 6.49. The van der Waals surface area contributed by atoms with Crippen molar-refractivity contribution in [1.82, 2.24) is 5.32 Å². The summed E-state index contributed by atoms with van der Waals surface area (Å²) in [5.74, 6) is -1.06. The van der Waals surface area contributed by atoms with Crippen molar-refractivity contribution in [3.63, 3.8) is 0 Å². The molecule has 1 aliphatic rings. The molecule has 136 valence electrons. The van der Waals surface area contributed by atoms with Crippen LogP contribution in [-0.4, -0.2) is 50.1 Å². The van der Waals surface area contributed by atoms with Crippen LogP contribution in [0.3, 0.4) is 0 Å². The molecule has 1 atom stereocenters. The lowest BCUT2D eigenvalue weighted by atomic mass is 10.2. The van der Waals surface area contributed by atoms with Crippen LogP contribution in [0.5, 0.6) is 0 Å². The van der Waals surface area contributed by atoms with Gasteiger partial charge in [-0.3, -0.25) is 19.7 Å². The maximum atomic E-state index is 12.2. The molecular weight excluding hydrogens is 324 g/mol. The van der Waals surface area contributed by atoms with Gasteiger partial charge in [-0.05, 0) is 36.7 Å². The van der Waals surface area contributed by atoms with E-state index in [1.165, 1.54) is 0 Å². The minimum absolute atomic E-state index is 0.0697. The molecule has 25 heavy (non-hydrogen) atoms. The van der Waals surface area contributed by atoms with E-state index in [0.717, 1.165) is 5.69 Å². The third-order valence-corrected chi connectivity index (χ3v) is 3.71. The number of amides is 3. The fourth-order valence-electron chi connectivity index (χ4n) is 2.41. The zero-order valence-corrected chi connectivity index (χ0v) is 14.5. The number of hydrogen-bond donors (Lipinski definition) is 3. The van der Waals surface area contributed by atoms with E-state index in [0.29, 0.717) is 25.4 Å². The second kappa shape index (κ2) is 8.59. The first kappa shape index (κ1) is 18.9. The van der Waals surface area contributed by atoms with Gasteiger partial charge in [-0.25, -0.2) is 0 Å². The largest absolute Gasteiger partial charge is 0.370 e. The Balaban J connectivity index is 2.00. The van der Waals surface area contributed by atoms with E-state index >= 15 is 0 Å². The molecular formula is C17H24N4O4. The second-order valence-corrected chi connectivity index (χ2v) is 6.27. The minimum atomic E-state index is -1.09. The summed E-state index contributed by atoms with van der Waals surface area (Å²) in [6.45, 7) is 5.49. The van der Waals surface area contributed by atoms with Gasteiger partial charge in [0.15, 0.2) is 6.04 Å². The lowest BCUT2D eigenvalue weighted by Crippen LogP contribution is -2.50. The average molecular weight is 348 g/mol. The molecule has 1 aromatic carbocycles. The smallest absolute Gasteiger partial charge is 0.253 e. The summed E-state index contributed by atoms with van der Waals surface area (Å²) in [5.41, 5.74) is 6.55. The van der Waals surface area contributed by atoms with Gasteiger partial charge in [0.25, 0.3) is 11.8 Å². The van der Waals surface area contributed by atoms with Crippen LogP contribution in [0.2, 0.25) is 0 Å². The van der Waals surface area contributed by atoms with Gasteiger partial charge >= 0.3 is 0 Å². The van der Waals surface area contributed by atoms with Crippen LogP contribution in [-0.2, 0) is 19.1 Å². The molecule has 1 fully saturated rings. The predicted molar refractivity (Wildman–Crippen MR) is 94.1 cm³/mol. The normalized spacial score (nSPS) is 16.0. The molecule has 1 aliphatic heterocycles. The summed E-state index contributed by atoms with van der Waals surface area (Å²) in [4.78, 5) is 37.2. The van der Waals surface area contributed by atoms with Crippen molar-refractivity contribution in [1.29, 1.82) is 0 Å². The Morgan fingerprint density at radius 2 is 1.96 bits per heavy atom. The van der Waals surface area contributed by atoms with Crippen LogP contribution in [0.1, 0.15) is 13.8 Å². The molecule has 2 rings (SSSR count). The van der Waals surface area contributed by atoms with Gasteiger partial charge in [-0.15, -0.1) is 0 Å². The second-order valence-electron chi connectivity index (χ2n) is 6.27. The van der Waals surface area contributed by atoms with Gasteiger partial charge in [0.05, 0.1) is 6.61 Å². The van der Waals surface area contributed by atoms with Crippen molar-refractivity contribution in [3.05, 3.63) is 24.3 Å². The summed E-state index contributed by atoms with van der Waals surface area (Å²) in [7, 11) is 0. The average Bonchev–Trinajstić information content (AvgIpc) is 2.56. The number of nitrogens with zero attached hydrogens (tertiary/aromatic N) is 1. The Morgan fingerprint density at radius 3 is 2.52 bits per heavy atom. The number of anilines is 2. The Morgan fingerprint density at radius 1 is 1.28 bits per heavy atom. The molecule has 0 unspecified atom stereocenters. The topological polar surface area (TPSA) is 114 Å². The van der Waals surface area contributed by atoms with Crippen molar-refractivity contribution in [2.45, 2.75) is 19.9 Å². The Labute approximate surface area is 146 Å². The van der Waals surface area contributed by atoms with E-state index in [4.69, 9.17) is 10.5 Å². The SMILES string of the molecule is CC(C)CN[C@H](C(N)=O)C(=O)Nc1ccc(N2CCOCC2=O)cc1. The van der Waals surface area contributed by atoms with E-state index in [2.05, 4.69) is 10.6 Å². The molecule has 1 heterocycles. The predicted octanol–water partition coefficient (Wildman–Crippen LogP) is 0.0878. The summed E-state index contributed by atoms with van der Waals surface area (Å²) in [6, 6.07) is 5.73. The number of primary amides is 1. The van der Waals surface area contributed by atoms with Crippen molar-refractivity contribution < 1.29 is 19.1 Å². The van der Waals surface area contributed by atoms with Gasteiger partial charge in [-0.2, -0.15) is 0 Å². The van der Waals surface area contributed by atoms with Crippen LogP contribution in [0.25, 0.3) is 0 Å². The molecule has 8 nitrogen and oxygen atoms in total. The van der Waals surface area contributed by atoms with Gasteiger partial charge in [-0.1, -0.05) is 13.8 Å². The number of carbonyl (C=O) groups is 3. The lowest BCUT2D eigenvalue weighted by molar-refractivity contribution is -0.128. The molecule has 3 amide bonds. The number of nitrogens with two attached hydrogens (primary N) is 1. The van der Waals surface area contributed by atoms with Gasteiger partial charge in [0.1, 0.15) is 6.61 Å². The number of hydrogen-bond acceptors (Lipinski definition) is 5. The fraction of sp³-hybridized carbons (Fsp3) is 0.471. The number of morpholine rings is 1. The highest BCUT2D eigenvalue weighted by Gasteiger charge is 2.24. The number of ether oxygens (including phenoxy) is 1. The molecule has 1 aromatic rings. The third-order valence-electron chi connectivity index (χ3n) is 3.71. The minimum Gasteiger partial charge on any atom is -0.370 e. The van der Waals surface area contributed by atoms with Crippen molar-refractivity contribution >= 4 is 29.1 Å². The highest BCUT2D eigenvalue weighted by molar-refractivity contribution is 6.09. The molecule has 0 aromatic heterocycles. The third kappa shape index (κ3) is 5.27. The quantitative estimate of drug-likeness (QED) is 0.604. The molecule has 0 saturated carbocycles. The van der Waals surface area contributed by atoms with E-state index in [1.807, 2.05) is 13.8 Å². The van der Waals surface area contributed by atoms with Crippen LogP contribution in [0.15, 0.2) is 24.3 Å². The molecule has 8 heteroatoms. The standard InChI is InChI=1S/C17H24N4O4/c1-11(2)9-19-15(16(18)23)17(24)20-12-3-5-13(6-4-12)21-7-8-25-10-14(21)22/h3-6,11,15,19H,7-10H2,1-2H3,(H2,18,23)(H,20,24)/t15-/m1/s1. The zero-order valence-electron chi connectivity index (χ0n) is 14.5. The van der Waals surface area contributed by atoms with Crippen molar-refractivity contribution in [3.8, 4) is 0 Å². The van der Waals surface area contributed by atoms with Crippen molar-refractivity contribution in [2.24, 2.45) is 11.7 Å². The molecule has 0 radical (unpaired) electrons. The molecule has 0 spiro atoms. The monoisotopic (exact) mass is 348 g/mol. The van der Waals surface area contributed by atoms with E-state index in [1.54, 1.807) is 29.2 Å². The highest BCUT2D eigenvalue weighted by Crippen LogP contribution is 2.19. The number of benzene rings is 1. The summed E-state index contributed by atoms with van der Waals surface area (Å²) in [5, 5.41) is 5.51. The van der Waals surface area contributed by atoms with Crippen LogP contribution >= 0.6 is 0 Å². The lowest BCUT2D eigenvalue weighted by Gasteiger charge is -2.27. The van der Waals surface area contributed by atoms with E-state index < -0.39 is 17.9 Å². The molecule has 4 N–H and O–H groups in total. The van der Waals surface area contributed by atoms with E-state index in [9.17, 15) is 14.4 Å². The van der Waals surface area contributed by atoms with Gasteiger partial charge in [0, 0.05) is 17.9 Å².